The van der Waals surface area contributed by atoms with Crippen LogP contribution in [0.1, 0.15) is 18.4 Å². The highest BCUT2D eigenvalue weighted by atomic mass is 32.2. The van der Waals surface area contributed by atoms with Crippen LogP contribution in [0, 0.1) is 0 Å². The van der Waals surface area contributed by atoms with Crippen molar-refractivity contribution in [1.82, 2.24) is 10.2 Å². The van der Waals surface area contributed by atoms with Gasteiger partial charge in [-0.1, -0.05) is 42.1 Å². The number of hydrogen-bond acceptors (Lipinski definition) is 4. The van der Waals surface area contributed by atoms with Gasteiger partial charge in [-0.05, 0) is 18.4 Å². The van der Waals surface area contributed by atoms with E-state index in [1.54, 1.807) is 0 Å². The van der Waals surface area contributed by atoms with E-state index in [-0.39, 0.29) is 0 Å². The van der Waals surface area contributed by atoms with Gasteiger partial charge in [-0.15, -0.1) is 0 Å². The SMILES string of the molecule is c1ccc(CN2CCC(NC3=NCCS3)CC2)cc1. The molecular weight excluding hydrogens is 254 g/mol. The molecule has 0 bridgehead atoms. The zero-order valence-electron chi connectivity index (χ0n) is 11.2. The minimum atomic E-state index is 0.622. The van der Waals surface area contributed by atoms with E-state index in [1.165, 1.54) is 36.7 Å². The lowest BCUT2D eigenvalue weighted by Crippen LogP contribution is -2.43. The molecule has 0 amide bonds. The first-order valence-corrected chi connectivity index (χ1v) is 8.09. The molecule has 0 radical (unpaired) electrons. The Morgan fingerprint density at radius 3 is 2.68 bits per heavy atom. The van der Waals surface area contributed by atoms with Crippen molar-refractivity contribution in [2.45, 2.75) is 25.4 Å². The monoisotopic (exact) mass is 275 g/mol. The molecule has 0 aliphatic carbocycles. The lowest BCUT2D eigenvalue weighted by molar-refractivity contribution is 0.199. The van der Waals surface area contributed by atoms with Crippen LogP contribution in [-0.2, 0) is 6.54 Å². The van der Waals surface area contributed by atoms with Crippen molar-refractivity contribution >= 4 is 16.9 Å². The predicted molar refractivity (Wildman–Crippen MR) is 82.6 cm³/mol. The molecule has 1 fully saturated rings. The Morgan fingerprint density at radius 1 is 1.21 bits per heavy atom. The molecule has 3 rings (SSSR count). The first-order valence-electron chi connectivity index (χ1n) is 7.10. The highest BCUT2D eigenvalue weighted by Gasteiger charge is 2.20. The third-order valence-corrected chi connectivity index (χ3v) is 4.66. The van der Waals surface area contributed by atoms with E-state index in [0.29, 0.717) is 6.04 Å². The van der Waals surface area contributed by atoms with E-state index >= 15 is 0 Å². The number of aliphatic imine (C=N–C) groups is 1. The smallest absolute Gasteiger partial charge is 0.156 e. The number of nitrogens with zero attached hydrogens (tertiary/aromatic N) is 2. The Balaban J connectivity index is 1.44. The lowest BCUT2D eigenvalue weighted by atomic mass is 10.0. The van der Waals surface area contributed by atoms with Crippen molar-refractivity contribution in [2.75, 3.05) is 25.4 Å². The van der Waals surface area contributed by atoms with E-state index in [2.05, 4.69) is 45.5 Å². The Bertz CT molecular complexity index is 424. The van der Waals surface area contributed by atoms with Gasteiger partial charge in [0.15, 0.2) is 5.17 Å². The van der Waals surface area contributed by atoms with Crippen molar-refractivity contribution in [1.29, 1.82) is 0 Å². The van der Waals surface area contributed by atoms with E-state index in [9.17, 15) is 0 Å². The number of rotatable bonds is 3. The third kappa shape index (κ3) is 3.74. The van der Waals surface area contributed by atoms with Crippen molar-refractivity contribution in [2.24, 2.45) is 4.99 Å². The maximum Gasteiger partial charge on any atom is 0.156 e. The first kappa shape index (κ1) is 13.0. The Kier molecular flexibility index (Phi) is 4.41. The second-order valence-electron chi connectivity index (χ2n) is 5.22. The van der Waals surface area contributed by atoms with Gasteiger partial charge in [0.25, 0.3) is 0 Å². The summed E-state index contributed by atoms with van der Waals surface area (Å²) >= 11 is 1.86. The normalized spacial score (nSPS) is 21.4. The summed E-state index contributed by atoms with van der Waals surface area (Å²) < 4.78 is 0. The summed E-state index contributed by atoms with van der Waals surface area (Å²) in [4.78, 5) is 7.02. The molecule has 0 atom stereocenters. The molecule has 3 nitrogen and oxygen atoms in total. The van der Waals surface area contributed by atoms with Crippen LogP contribution in [-0.4, -0.2) is 41.5 Å². The Labute approximate surface area is 119 Å². The number of hydrogen-bond donors (Lipinski definition) is 1. The van der Waals surface area contributed by atoms with Crippen LogP contribution in [0.25, 0.3) is 0 Å². The lowest BCUT2D eigenvalue weighted by Gasteiger charge is -2.32. The summed E-state index contributed by atoms with van der Waals surface area (Å²) in [5, 5.41) is 4.76. The van der Waals surface area contributed by atoms with Gasteiger partial charge in [-0.2, -0.15) is 0 Å². The van der Waals surface area contributed by atoms with Gasteiger partial charge in [0, 0.05) is 31.4 Å². The highest BCUT2D eigenvalue weighted by molar-refractivity contribution is 8.14. The van der Waals surface area contributed by atoms with Gasteiger partial charge in [0.1, 0.15) is 0 Å². The molecule has 4 heteroatoms. The number of thioether (sulfide) groups is 1. The molecule has 1 N–H and O–H groups in total. The van der Waals surface area contributed by atoms with Gasteiger partial charge in [-0.3, -0.25) is 9.89 Å². The van der Waals surface area contributed by atoms with Crippen LogP contribution in [0.4, 0.5) is 0 Å². The first-order chi connectivity index (χ1) is 9.40. The molecule has 2 heterocycles. The Morgan fingerprint density at radius 2 is 2.00 bits per heavy atom. The zero-order chi connectivity index (χ0) is 12.9. The van der Waals surface area contributed by atoms with Crippen molar-refractivity contribution in [3.63, 3.8) is 0 Å². The van der Waals surface area contributed by atoms with Crippen molar-refractivity contribution < 1.29 is 0 Å². The highest BCUT2D eigenvalue weighted by Crippen LogP contribution is 2.16. The van der Waals surface area contributed by atoms with Crippen LogP contribution in [0.15, 0.2) is 35.3 Å². The van der Waals surface area contributed by atoms with Crippen LogP contribution in [0.5, 0.6) is 0 Å². The summed E-state index contributed by atoms with van der Waals surface area (Å²) in [5.41, 5.74) is 1.42. The standard InChI is InChI=1S/C15H21N3S/c1-2-4-13(5-3-1)12-18-9-6-14(7-10-18)17-15-16-8-11-19-15/h1-5,14H,6-12H2,(H,16,17). The second-order valence-corrected chi connectivity index (χ2v) is 6.30. The summed E-state index contributed by atoms with van der Waals surface area (Å²) in [5.74, 6) is 1.15. The number of likely N-dealkylation sites (tertiary alicyclic amines) is 1. The van der Waals surface area contributed by atoms with E-state index in [1.807, 2.05) is 11.8 Å². The molecule has 19 heavy (non-hydrogen) atoms. The van der Waals surface area contributed by atoms with Gasteiger partial charge in [-0.25, -0.2) is 0 Å². The number of benzene rings is 1. The summed E-state index contributed by atoms with van der Waals surface area (Å²) in [6.45, 7) is 4.44. The second kappa shape index (κ2) is 6.44. The minimum Gasteiger partial charge on any atom is -0.362 e. The molecule has 0 unspecified atom stereocenters. The molecule has 2 aliphatic heterocycles. The van der Waals surface area contributed by atoms with Gasteiger partial charge < -0.3 is 5.32 Å². The fraction of sp³-hybridized carbons (Fsp3) is 0.533. The van der Waals surface area contributed by atoms with Gasteiger partial charge in [0.2, 0.25) is 0 Å². The van der Waals surface area contributed by atoms with Crippen LogP contribution >= 0.6 is 11.8 Å². The quantitative estimate of drug-likeness (QED) is 0.917. The number of amidine groups is 1. The molecule has 1 saturated heterocycles. The average Bonchev–Trinajstić information content (AvgIpc) is 2.95. The van der Waals surface area contributed by atoms with E-state index < -0.39 is 0 Å². The summed E-state index contributed by atoms with van der Waals surface area (Å²) in [6, 6.07) is 11.4. The molecule has 0 saturated carbocycles. The fourth-order valence-corrected chi connectivity index (χ4v) is 3.48. The molecule has 102 valence electrons. The van der Waals surface area contributed by atoms with Gasteiger partial charge in [0.05, 0.1) is 6.54 Å². The van der Waals surface area contributed by atoms with Crippen molar-refractivity contribution in [3.8, 4) is 0 Å². The number of piperidine rings is 1. The molecular formula is C15H21N3S. The molecule has 0 aromatic heterocycles. The Hall–Kier alpha value is -1.00. The largest absolute Gasteiger partial charge is 0.362 e. The predicted octanol–water partition coefficient (Wildman–Crippen LogP) is 2.34. The minimum absolute atomic E-state index is 0.622. The zero-order valence-corrected chi connectivity index (χ0v) is 12.0. The fourth-order valence-electron chi connectivity index (χ4n) is 2.67. The van der Waals surface area contributed by atoms with Crippen molar-refractivity contribution in [3.05, 3.63) is 35.9 Å². The van der Waals surface area contributed by atoms with E-state index in [0.717, 1.165) is 18.8 Å². The van der Waals surface area contributed by atoms with E-state index in [4.69, 9.17) is 0 Å². The van der Waals surface area contributed by atoms with Gasteiger partial charge >= 0.3 is 0 Å². The summed E-state index contributed by atoms with van der Waals surface area (Å²) in [6.07, 6.45) is 2.46. The maximum atomic E-state index is 4.47. The topological polar surface area (TPSA) is 27.6 Å². The van der Waals surface area contributed by atoms with Crippen LogP contribution < -0.4 is 5.32 Å². The average molecular weight is 275 g/mol. The molecule has 2 aliphatic rings. The summed E-state index contributed by atoms with van der Waals surface area (Å²) in [7, 11) is 0. The third-order valence-electron chi connectivity index (χ3n) is 3.75. The maximum absolute atomic E-state index is 4.47. The molecule has 0 spiro atoms. The molecule has 1 aromatic carbocycles. The van der Waals surface area contributed by atoms with Crippen LogP contribution in [0.3, 0.4) is 0 Å². The number of nitrogens with one attached hydrogen (secondary N) is 1. The van der Waals surface area contributed by atoms with Crippen LogP contribution in [0.2, 0.25) is 0 Å². The molecule has 1 aromatic rings.